The van der Waals surface area contributed by atoms with Gasteiger partial charge in [-0.05, 0) is 30.2 Å². The fourth-order valence-electron chi connectivity index (χ4n) is 4.03. The van der Waals surface area contributed by atoms with Crippen LogP contribution in [0, 0.1) is 18.3 Å². The summed E-state index contributed by atoms with van der Waals surface area (Å²) >= 11 is 1.47. The Morgan fingerprint density at radius 2 is 1.79 bits per heavy atom. The molecule has 0 saturated carbocycles. The maximum absolute atomic E-state index is 12.7. The number of hydrogen-bond donors (Lipinski definition) is 0. The van der Waals surface area contributed by atoms with Gasteiger partial charge in [0.05, 0.1) is 0 Å². The molecule has 1 amide bonds. The molecule has 2 heterocycles. The zero-order valence-corrected chi connectivity index (χ0v) is 19.3. The Bertz CT molecular complexity index is 801. The summed E-state index contributed by atoms with van der Waals surface area (Å²) < 4.78 is 4.54. The molecule has 0 radical (unpaired) electrons. The van der Waals surface area contributed by atoms with Crippen LogP contribution in [-0.2, 0) is 11.2 Å². The van der Waals surface area contributed by atoms with E-state index in [9.17, 15) is 4.79 Å². The molecule has 0 unspecified atom stereocenters. The molecule has 0 N–H and O–H groups in total. The van der Waals surface area contributed by atoms with Gasteiger partial charge in [-0.25, -0.2) is 4.98 Å². The number of benzene rings is 1. The lowest BCUT2D eigenvalue weighted by atomic mass is 9.84. The molecular weight excluding hydrogens is 380 g/mol. The normalized spacial score (nSPS) is 16.2. The SMILES string of the molecule is Cc1ccc(Cc2nsc(N3CCN(C(=O)C[C@@H](C)CC(C)(C)C)CC3)n2)cc1. The second kappa shape index (κ2) is 9.24. The van der Waals surface area contributed by atoms with Gasteiger partial charge in [0.15, 0.2) is 0 Å². The van der Waals surface area contributed by atoms with Crippen molar-refractivity contribution in [3.8, 4) is 0 Å². The zero-order valence-electron chi connectivity index (χ0n) is 18.4. The monoisotopic (exact) mass is 414 g/mol. The van der Waals surface area contributed by atoms with Crippen LogP contribution in [0.5, 0.6) is 0 Å². The second-order valence-electron chi connectivity index (χ2n) is 9.60. The van der Waals surface area contributed by atoms with E-state index in [1.54, 1.807) is 0 Å². The molecule has 1 aromatic heterocycles. The molecule has 0 aliphatic carbocycles. The van der Waals surface area contributed by atoms with Gasteiger partial charge in [-0.2, -0.15) is 4.37 Å². The van der Waals surface area contributed by atoms with Crippen LogP contribution in [0.15, 0.2) is 24.3 Å². The Labute approximate surface area is 179 Å². The summed E-state index contributed by atoms with van der Waals surface area (Å²) in [6.45, 7) is 14.2. The Morgan fingerprint density at radius 1 is 1.14 bits per heavy atom. The molecule has 5 nitrogen and oxygen atoms in total. The van der Waals surface area contributed by atoms with E-state index in [-0.39, 0.29) is 5.41 Å². The van der Waals surface area contributed by atoms with Gasteiger partial charge in [0.1, 0.15) is 5.82 Å². The van der Waals surface area contributed by atoms with Crippen molar-refractivity contribution in [3.63, 3.8) is 0 Å². The van der Waals surface area contributed by atoms with Gasteiger partial charge < -0.3 is 9.80 Å². The van der Waals surface area contributed by atoms with E-state index in [1.807, 2.05) is 4.90 Å². The fraction of sp³-hybridized carbons (Fsp3) is 0.609. The Morgan fingerprint density at radius 3 is 2.41 bits per heavy atom. The number of amides is 1. The molecule has 1 aromatic carbocycles. The van der Waals surface area contributed by atoms with E-state index in [1.165, 1.54) is 22.7 Å². The third-order valence-electron chi connectivity index (χ3n) is 5.33. The Hall–Kier alpha value is -1.95. The first-order valence-corrected chi connectivity index (χ1v) is 11.4. The van der Waals surface area contributed by atoms with Gasteiger partial charge in [0, 0.05) is 50.6 Å². The summed E-state index contributed by atoms with van der Waals surface area (Å²) in [5, 5.41) is 0.973. The number of hydrogen-bond acceptors (Lipinski definition) is 5. The number of carbonyl (C=O) groups is 1. The van der Waals surface area contributed by atoms with Crippen molar-refractivity contribution >= 4 is 22.6 Å². The number of anilines is 1. The zero-order chi connectivity index (χ0) is 21.0. The number of carbonyl (C=O) groups excluding carboxylic acids is 1. The number of piperazine rings is 1. The van der Waals surface area contributed by atoms with Crippen LogP contribution in [0.4, 0.5) is 5.13 Å². The van der Waals surface area contributed by atoms with Crippen LogP contribution in [0.1, 0.15) is 57.5 Å². The topological polar surface area (TPSA) is 49.3 Å². The molecule has 1 atom stereocenters. The van der Waals surface area contributed by atoms with Gasteiger partial charge in [0.25, 0.3) is 0 Å². The van der Waals surface area contributed by atoms with Crippen molar-refractivity contribution in [2.45, 2.75) is 53.9 Å². The van der Waals surface area contributed by atoms with Crippen molar-refractivity contribution in [1.29, 1.82) is 0 Å². The summed E-state index contributed by atoms with van der Waals surface area (Å²) in [4.78, 5) is 21.7. The number of rotatable bonds is 6. The minimum Gasteiger partial charge on any atom is -0.343 e. The average molecular weight is 415 g/mol. The molecular formula is C23H34N4OS. The summed E-state index contributed by atoms with van der Waals surface area (Å²) in [7, 11) is 0. The van der Waals surface area contributed by atoms with Crippen LogP contribution >= 0.6 is 11.5 Å². The minimum absolute atomic E-state index is 0.270. The lowest BCUT2D eigenvalue weighted by molar-refractivity contribution is -0.132. The average Bonchev–Trinajstić information content (AvgIpc) is 3.10. The molecule has 6 heteroatoms. The highest BCUT2D eigenvalue weighted by Gasteiger charge is 2.25. The van der Waals surface area contributed by atoms with Gasteiger partial charge >= 0.3 is 0 Å². The van der Waals surface area contributed by atoms with E-state index >= 15 is 0 Å². The van der Waals surface area contributed by atoms with Crippen molar-refractivity contribution in [1.82, 2.24) is 14.3 Å². The highest BCUT2D eigenvalue weighted by atomic mass is 32.1. The van der Waals surface area contributed by atoms with E-state index < -0.39 is 0 Å². The first kappa shape index (κ1) is 21.8. The Kier molecular flexibility index (Phi) is 6.93. The second-order valence-corrected chi connectivity index (χ2v) is 10.3. The number of aromatic nitrogens is 2. The summed E-state index contributed by atoms with van der Waals surface area (Å²) in [5.41, 5.74) is 2.77. The number of aryl methyl sites for hydroxylation is 1. The summed E-state index contributed by atoms with van der Waals surface area (Å²) in [6, 6.07) is 8.53. The van der Waals surface area contributed by atoms with Crippen LogP contribution < -0.4 is 4.90 Å². The van der Waals surface area contributed by atoms with E-state index in [0.717, 1.165) is 50.0 Å². The molecule has 2 aromatic rings. The molecule has 1 aliphatic rings. The molecule has 0 bridgehead atoms. The first-order valence-electron chi connectivity index (χ1n) is 10.6. The maximum Gasteiger partial charge on any atom is 0.222 e. The van der Waals surface area contributed by atoms with Crippen LogP contribution in [-0.4, -0.2) is 46.3 Å². The molecule has 29 heavy (non-hydrogen) atoms. The number of nitrogens with zero attached hydrogens (tertiary/aromatic N) is 4. The predicted octanol–water partition coefficient (Wildman–Crippen LogP) is 4.55. The fourth-order valence-corrected chi connectivity index (χ4v) is 4.76. The molecule has 1 saturated heterocycles. The first-order chi connectivity index (χ1) is 13.7. The minimum atomic E-state index is 0.270. The smallest absolute Gasteiger partial charge is 0.222 e. The largest absolute Gasteiger partial charge is 0.343 e. The molecule has 3 rings (SSSR count). The lowest BCUT2D eigenvalue weighted by Gasteiger charge is -2.35. The predicted molar refractivity (Wildman–Crippen MR) is 121 cm³/mol. The quantitative estimate of drug-likeness (QED) is 0.696. The maximum atomic E-state index is 12.7. The van der Waals surface area contributed by atoms with Gasteiger partial charge in [0.2, 0.25) is 11.0 Å². The molecule has 158 valence electrons. The lowest BCUT2D eigenvalue weighted by Crippen LogP contribution is -2.49. The summed E-state index contributed by atoms with van der Waals surface area (Å²) in [6.07, 6.45) is 2.49. The van der Waals surface area contributed by atoms with Crippen molar-refractivity contribution in [2.75, 3.05) is 31.1 Å². The third-order valence-corrected chi connectivity index (χ3v) is 6.14. The highest BCUT2D eigenvalue weighted by molar-refractivity contribution is 7.09. The van der Waals surface area contributed by atoms with Gasteiger partial charge in [-0.15, -0.1) is 0 Å². The Balaban J connectivity index is 1.48. The van der Waals surface area contributed by atoms with Crippen molar-refractivity contribution < 1.29 is 4.79 Å². The van der Waals surface area contributed by atoms with Crippen LogP contribution in [0.25, 0.3) is 0 Å². The molecule has 1 fully saturated rings. The van der Waals surface area contributed by atoms with E-state index in [0.29, 0.717) is 18.2 Å². The van der Waals surface area contributed by atoms with Gasteiger partial charge in [-0.1, -0.05) is 57.5 Å². The van der Waals surface area contributed by atoms with Crippen molar-refractivity contribution in [3.05, 3.63) is 41.2 Å². The standard InChI is InChI=1S/C23H34N4OS/c1-17-6-8-19(9-7-17)15-20-24-22(29-25-20)27-12-10-26(11-13-27)21(28)14-18(2)16-23(3,4)5/h6-9,18H,10-16H2,1-5H3/t18-/m1/s1. The van der Waals surface area contributed by atoms with E-state index in [2.05, 4.69) is 68.2 Å². The van der Waals surface area contributed by atoms with Crippen LogP contribution in [0.2, 0.25) is 0 Å². The molecule has 1 aliphatic heterocycles. The molecule has 0 spiro atoms. The highest BCUT2D eigenvalue weighted by Crippen LogP contribution is 2.27. The van der Waals surface area contributed by atoms with Gasteiger partial charge in [-0.3, -0.25) is 4.79 Å². The third kappa shape index (κ3) is 6.53. The summed E-state index contributed by atoms with van der Waals surface area (Å²) in [5.74, 6) is 1.59. The van der Waals surface area contributed by atoms with Crippen molar-refractivity contribution in [2.24, 2.45) is 11.3 Å². The van der Waals surface area contributed by atoms with E-state index in [4.69, 9.17) is 4.98 Å². The van der Waals surface area contributed by atoms with Crippen LogP contribution in [0.3, 0.4) is 0 Å².